The Morgan fingerprint density at radius 3 is 2.65 bits per heavy atom. The highest BCUT2D eigenvalue weighted by molar-refractivity contribution is 5.61. The SMILES string of the molecule is Cc1ccc(C)c(Nc2cnnc(NCc3ccccc3)n2)c1. The summed E-state index contributed by atoms with van der Waals surface area (Å²) in [7, 11) is 0. The summed E-state index contributed by atoms with van der Waals surface area (Å²) in [6.45, 7) is 4.79. The predicted octanol–water partition coefficient (Wildman–Crippen LogP) is 3.84. The smallest absolute Gasteiger partial charge is 0.244 e. The maximum absolute atomic E-state index is 4.46. The van der Waals surface area contributed by atoms with Crippen LogP contribution in [0.3, 0.4) is 0 Å². The summed E-state index contributed by atoms with van der Waals surface area (Å²) in [4.78, 5) is 4.46. The summed E-state index contributed by atoms with van der Waals surface area (Å²) in [6.07, 6.45) is 1.62. The van der Waals surface area contributed by atoms with Gasteiger partial charge in [0.05, 0.1) is 6.20 Å². The van der Waals surface area contributed by atoms with Gasteiger partial charge in [-0.05, 0) is 36.6 Å². The van der Waals surface area contributed by atoms with Crippen molar-refractivity contribution >= 4 is 17.5 Å². The fraction of sp³-hybridized carbons (Fsp3) is 0.167. The zero-order chi connectivity index (χ0) is 16.1. The number of rotatable bonds is 5. The van der Waals surface area contributed by atoms with E-state index in [4.69, 9.17) is 0 Å². The first-order chi connectivity index (χ1) is 11.2. The van der Waals surface area contributed by atoms with Gasteiger partial charge < -0.3 is 10.6 Å². The molecule has 1 aromatic heterocycles. The Morgan fingerprint density at radius 2 is 1.83 bits per heavy atom. The van der Waals surface area contributed by atoms with E-state index in [0.717, 1.165) is 11.3 Å². The monoisotopic (exact) mass is 305 g/mol. The average molecular weight is 305 g/mol. The van der Waals surface area contributed by atoms with Crippen molar-refractivity contribution in [2.24, 2.45) is 0 Å². The molecule has 0 saturated heterocycles. The molecule has 0 spiro atoms. The van der Waals surface area contributed by atoms with Crippen LogP contribution >= 0.6 is 0 Å². The largest absolute Gasteiger partial charge is 0.349 e. The number of aryl methyl sites for hydroxylation is 2. The zero-order valence-electron chi connectivity index (χ0n) is 13.2. The molecule has 3 rings (SSSR count). The summed E-state index contributed by atoms with van der Waals surface area (Å²) in [6, 6.07) is 16.4. The zero-order valence-corrected chi connectivity index (χ0v) is 13.2. The standard InChI is InChI=1S/C18H19N5/c1-13-8-9-14(2)16(10-13)21-17-12-20-23-18(22-17)19-11-15-6-4-3-5-7-15/h3-10,12H,11H2,1-2H3,(H2,19,21,22,23). The molecule has 0 aliphatic rings. The van der Waals surface area contributed by atoms with Crippen molar-refractivity contribution in [3.05, 3.63) is 71.4 Å². The first-order valence-electron chi connectivity index (χ1n) is 7.52. The van der Waals surface area contributed by atoms with E-state index in [1.807, 2.05) is 18.2 Å². The molecule has 0 aliphatic heterocycles. The number of aromatic nitrogens is 3. The summed E-state index contributed by atoms with van der Waals surface area (Å²) in [5, 5.41) is 14.5. The Bertz CT molecular complexity index is 786. The van der Waals surface area contributed by atoms with Gasteiger partial charge in [0.15, 0.2) is 5.82 Å². The Morgan fingerprint density at radius 1 is 1.00 bits per heavy atom. The molecule has 1 heterocycles. The van der Waals surface area contributed by atoms with Gasteiger partial charge in [-0.25, -0.2) is 0 Å². The van der Waals surface area contributed by atoms with Crippen LogP contribution < -0.4 is 10.6 Å². The molecule has 0 aliphatic carbocycles. The number of hydrogen-bond acceptors (Lipinski definition) is 5. The van der Waals surface area contributed by atoms with Crippen LogP contribution in [0.25, 0.3) is 0 Å². The van der Waals surface area contributed by atoms with E-state index >= 15 is 0 Å². The lowest BCUT2D eigenvalue weighted by Gasteiger charge is -2.10. The molecule has 5 heteroatoms. The van der Waals surface area contributed by atoms with Crippen LogP contribution in [0.5, 0.6) is 0 Å². The van der Waals surface area contributed by atoms with E-state index in [-0.39, 0.29) is 0 Å². The minimum atomic E-state index is 0.504. The molecule has 0 saturated carbocycles. The highest BCUT2D eigenvalue weighted by atomic mass is 15.3. The molecule has 2 N–H and O–H groups in total. The molecule has 0 amide bonds. The number of anilines is 3. The minimum absolute atomic E-state index is 0.504. The molecular formula is C18H19N5. The van der Waals surface area contributed by atoms with E-state index < -0.39 is 0 Å². The average Bonchev–Trinajstić information content (AvgIpc) is 2.58. The quantitative estimate of drug-likeness (QED) is 0.750. The van der Waals surface area contributed by atoms with Gasteiger partial charge in [0.25, 0.3) is 0 Å². The molecular weight excluding hydrogens is 286 g/mol. The van der Waals surface area contributed by atoms with E-state index in [1.54, 1.807) is 6.20 Å². The minimum Gasteiger partial charge on any atom is -0.349 e. The number of nitrogens with zero attached hydrogens (tertiary/aromatic N) is 3. The molecule has 0 radical (unpaired) electrons. The molecule has 0 unspecified atom stereocenters. The Kier molecular flexibility index (Phi) is 4.47. The molecule has 0 fully saturated rings. The van der Waals surface area contributed by atoms with Gasteiger partial charge in [-0.2, -0.15) is 10.1 Å². The van der Waals surface area contributed by atoms with Gasteiger partial charge in [0.2, 0.25) is 5.95 Å². The molecule has 0 atom stereocenters. The van der Waals surface area contributed by atoms with Crippen molar-refractivity contribution < 1.29 is 0 Å². The Balaban J connectivity index is 1.71. The maximum Gasteiger partial charge on any atom is 0.244 e. The van der Waals surface area contributed by atoms with E-state index in [0.29, 0.717) is 18.3 Å². The third-order valence-corrected chi connectivity index (χ3v) is 3.51. The number of nitrogens with one attached hydrogen (secondary N) is 2. The second kappa shape index (κ2) is 6.87. The first kappa shape index (κ1) is 15.0. The van der Waals surface area contributed by atoms with Crippen molar-refractivity contribution in [1.29, 1.82) is 0 Å². The van der Waals surface area contributed by atoms with Gasteiger partial charge in [-0.15, -0.1) is 5.10 Å². The summed E-state index contributed by atoms with van der Waals surface area (Å²) >= 11 is 0. The second-order valence-corrected chi connectivity index (χ2v) is 5.45. The van der Waals surface area contributed by atoms with Crippen molar-refractivity contribution in [2.75, 3.05) is 10.6 Å². The number of hydrogen-bond donors (Lipinski definition) is 2. The van der Waals surface area contributed by atoms with Gasteiger partial charge in [-0.1, -0.05) is 42.5 Å². The molecule has 23 heavy (non-hydrogen) atoms. The lowest BCUT2D eigenvalue weighted by Crippen LogP contribution is -2.06. The van der Waals surface area contributed by atoms with Crippen LogP contribution in [0, 0.1) is 13.8 Å². The summed E-state index contributed by atoms with van der Waals surface area (Å²) in [5.74, 6) is 1.17. The topological polar surface area (TPSA) is 62.7 Å². The Labute approximate surface area is 135 Å². The van der Waals surface area contributed by atoms with Gasteiger partial charge >= 0.3 is 0 Å². The highest BCUT2D eigenvalue weighted by Crippen LogP contribution is 2.20. The fourth-order valence-electron chi connectivity index (χ4n) is 2.22. The molecule has 116 valence electrons. The van der Waals surface area contributed by atoms with Crippen LogP contribution in [-0.2, 0) is 6.54 Å². The molecule has 2 aromatic carbocycles. The van der Waals surface area contributed by atoms with E-state index in [9.17, 15) is 0 Å². The molecule has 5 nitrogen and oxygen atoms in total. The third kappa shape index (κ3) is 4.03. The lowest BCUT2D eigenvalue weighted by atomic mass is 10.1. The second-order valence-electron chi connectivity index (χ2n) is 5.45. The number of benzene rings is 2. The fourth-order valence-corrected chi connectivity index (χ4v) is 2.22. The highest BCUT2D eigenvalue weighted by Gasteiger charge is 2.04. The van der Waals surface area contributed by atoms with Crippen LogP contribution in [-0.4, -0.2) is 15.2 Å². The van der Waals surface area contributed by atoms with Crippen molar-refractivity contribution in [3.63, 3.8) is 0 Å². The van der Waals surface area contributed by atoms with Crippen LogP contribution in [0.4, 0.5) is 17.5 Å². The summed E-state index contributed by atoms with van der Waals surface area (Å²) < 4.78 is 0. The van der Waals surface area contributed by atoms with Gasteiger partial charge in [0.1, 0.15) is 0 Å². The van der Waals surface area contributed by atoms with Crippen molar-refractivity contribution in [3.8, 4) is 0 Å². The van der Waals surface area contributed by atoms with Crippen LogP contribution in [0.1, 0.15) is 16.7 Å². The first-order valence-corrected chi connectivity index (χ1v) is 7.52. The Hall–Kier alpha value is -2.95. The summed E-state index contributed by atoms with van der Waals surface area (Å²) in [5.41, 5.74) is 4.55. The van der Waals surface area contributed by atoms with E-state index in [1.165, 1.54) is 11.1 Å². The molecule has 0 bridgehead atoms. The predicted molar refractivity (Wildman–Crippen MR) is 92.8 cm³/mol. The van der Waals surface area contributed by atoms with Crippen molar-refractivity contribution in [1.82, 2.24) is 15.2 Å². The van der Waals surface area contributed by atoms with Crippen LogP contribution in [0.2, 0.25) is 0 Å². The molecule has 3 aromatic rings. The maximum atomic E-state index is 4.46. The van der Waals surface area contributed by atoms with Crippen molar-refractivity contribution in [2.45, 2.75) is 20.4 Å². The van der Waals surface area contributed by atoms with Gasteiger partial charge in [-0.3, -0.25) is 0 Å². The van der Waals surface area contributed by atoms with Crippen LogP contribution in [0.15, 0.2) is 54.7 Å². The lowest BCUT2D eigenvalue weighted by molar-refractivity contribution is 0.948. The third-order valence-electron chi connectivity index (χ3n) is 3.51. The van der Waals surface area contributed by atoms with Gasteiger partial charge in [0, 0.05) is 12.2 Å². The van der Waals surface area contributed by atoms with E-state index in [2.05, 4.69) is 70.0 Å². The normalized spacial score (nSPS) is 10.3.